The lowest BCUT2D eigenvalue weighted by Crippen LogP contribution is -2.28. The quantitative estimate of drug-likeness (QED) is 0.380. The summed E-state index contributed by atoms with van der Waals surface area (Å²) in [5, 5.41) is 0. The predicted octanol–water partition coefficient (Wildman–Crippen LogP) is 7.32. The Balaban J connectivity index is 2.80. The molecule has 0 aliphatic carbocycles. The predicted molar refractivity (Wildman–Crippen MR) is 132 cm³/mol. The van der Waals surface area contributed by atoms with Gasteiger partial charge in [-0.15, -0.1) is 0 Å². The molecule has 0 aliphatic heterocycles. The van der Waals surface area contributed by atoms with Gasteiger partial charge in [-0.25, -0.2) is 9.98 Å². The standard InChI is InChI=1S/C27H39N3/c1-9-20(6)27(7,8)24-16-11-10-13-23(24)26(29-17-28)30-25-21(18(2)3)14-12-15-22(25)19(4)5/h10-20H,9H2,1-8H3,(H2,28,29,30). The summed E-state index contributed by atoms with van der Waals surface area (Å²) in [6.07, 6.45) is 2.47. The molecule has 0 fully saturated rings. The van der Waals surface area contributed by atoms with E-state index in [9.17, 15) is 0 Å². The molecule has 1 atom stereocenters. The second kappa shape index (κ2) is 10.1. The molecule has 2 aromatic carbocycles. The molecule has 0 radical (unpaired) electrons. The van der Waals surface area contributed by atoms with Gasteiger partial charge in [0.25, 0.3) is 0 Å². The average Bonchev–Trinajstić information content (AvgIpc) is 2.72. The fourth-order valence-corrected chi connectivity index (χ4v) is 3.99. The van der Waals surface area contributed by atoms with Crippen LogP contribution in [0.25, 0.3) is 0 Å². The Hall–Kier alpha value is -2.42. The van der Waals surface area contributed by atoms with Gasteiger partial charge in [0.2, 0.25) is 0 Å². The normalized spacial score (nSPS) is 14.1. The third-order valence-electron chi connectivity index (χ3n) is 6.46. The van der Waals surface area contributed by atoms with E-state index in [1.54, 1.807) is 0 Å². The first-order valence-corrected chi connectivity index (χ1v) is 11.2. The van der Waals surface area contributed by atoms with Crippen LogP contribution in [-0.2, 0) is 5.41 Å². The zero-order valence-electron chi connectivity index (χ0n) is 20.0. The first-order chi connectivity index (χ1) is 14.1. The highest BCUT2D eigenvalue weighted by Crippen LogP contribution is 2.38. The van der Waals surface area contributed by atoms with E-state index >= 15 is 0 Å². The van der Waals surface area contributed by atoms with Gasteiger partial charge in [-0.3, -0.25) is 0 Å². The number of aliphatic imine (C=N–C) groups is 2. The van der Waals surface area contributed by atoms with Crippen LogP contribution in [0, 0.1) is 5.92 Å². The molecule has 1 unspecified atom stereocenters. The highest BCUT2D eigenvalue weighted by molar-refractivity contribution is 6.05. The molecule has 0 spiro atoms. The minimum atomic E-state index is -0.00528. The number of hydrogen-bond donors (Lipinski definition) is 1. The molecule has 0 heterocycles. The number of rotatable bonds is 7. The van der Waals surface area contributed by atoms with Crippen molar-refractivity contribution < 1.29 is 0 Å². The van der Waals surface area contributed by atoms with Crippen molar-refractivity contribution in [1.82, 2.24) is 0 Å². The third kappa shape index (κ3) is 5.00. The Labute approximate surface area is 183 Å². The van der Waals surface area contributed by atoms with E-state index in [4.69, 9.17) is 10.7 Å². The Morgan fingerprint density at radius 1 is 0.933 bits per heavy atom. The average molecular weight is 406 g/mol. The number of benzene rings is 2. The van der Waals surface area contributed by atoms with Crippen molar-refractivity contribution in [2.24, 2.45) is 21.6 Å². The van der Waals surface area contributed by atoms with Crippen LogP contribution in [0.2, 0.25) is 0 Å². The van der Waals surface area contributed by atoms with Crippen LogP contribution in [0.3, 0.4) is 0 Å². The van der Waals surface area contributed by atoms with Gasteiger partial charge in [-0.1, -0.05) is 104 Å². The maximum Gasteiger partial charge on any atom is 0.161 e. The summed E-state index contributed by atoms with van der Waals surface area (Å²) in [7, 11) is 0. The summed E-state index contributed by atoms with van der Waals surface area (Å²) in [5.74, 6) is 1.95. The summed E-state index contributed by atoms with van der Waals surface area (Å²) in [6, 6.07) is 15.0. The van der Waals surface area contributed by atoms with Crippen molar-refractivity contribution in [3.05, 3.63) is 64.7 Å². The lowest BCUT2D eigenvalue weighted by molar-refractivity contribution is 0.334. The van der Waals surface area contributed by atoms with E-state index in [1.807, 2.05) is 0 Å². The molecule has 2 N–H and O–H groups in total. The largest absolute Gasteiger partial charge is 0.390 e. The van der Waals surface area contributed by atoms with E-state index in [-0.39, 0.29) is 5.41 Å². The highest BCUT2D eigenvalue weighted by atomic mass is 14.9. The molecular formula is C27H39N3. The van der Waals surface area contributed by atoms with Crippen LogP contribution in [0.5, 0.6) is 0 Å². The van der Waals surface area contributed by atoms with Gasteiger partial charge < -0.3 is 5.73 Å². The first-order valence-electron chi connectivity index (χ1n) is 11.2. The molecule has 0 amide bonds. The smallest absolute Gasteiger partial charge is 0.161 e. The first kappa shape index (κ1) is 23.9. The molecule has 0 saturated carbocycles. The summed E-state index contributed by atoms with van der Waals surface area (Å²) >= 11 is 0. The second-order valence-electron chi connectivity index (χ2n) is 9.38. The van der Waals surface area contributed by atoms with Crippen LogP contribution in [0.1, 0.15) is 95.9 Å². The van der Waals surface area contributed by atoms with Gasteiger partial charge in [-0.05, 0) is 39.9 Å². The molecule has 2 aromatic rings. The zero-order valence-corrected chi connectivity index (χ0v) is 20.0. The molecule has 0 aliphatic rings. The van der Waals surface area contributed by atoms with Gasteiger partial charge in [0, 0.05) is 5.56 Å². The van der Waals surface area contributed by atoms with E-state index in [2.05, 4.69) is 103 Å². The zero-order chi connectivity index (χ0) is 22.5. The Morgan fingerprint density at radius 3 is 2.00 bits per heavy atom. The van der Waals surface area contributed by atoms with Crippen molar-refractivity contribution >= 4 is 17.9 Å². The van der Waals surface area contributed by atoms with E-state index in [1.165, 1.54) is 23.0 Å². The fourth-order valence-electron chi connectivity index (χ4n) is 3.99. The number of nitrogens with two attached hydrogens (primary N) is 1. The molecule has 162 valence electrons. The molecule has 0 saturated heterocycles. The van der Waals surface area contributed by atoms with Crippen LogP contribution in [0.4, 0.5) is 5.69 Å². The summed E-state index contributed by atoms with van der Waals surface area (Å²) in [5.41, 5.74) is 11.6. The maximum absolute atomic E-state index is 5.79. The molecule has 2 rings (SSSR count). The van der Waals surface area contributed by atoms with E-state index in [0.717, 1.165) is 17.7 Å². The monoisotopic (exact) mass is 405 g/mol. The maximum atomic E-state index is 5.79. The molecule has 3 nitrogen and oxygen atoms in total. The summed E-state index contributed by atoms with van der Waals surface area (Å²) in [4.78, 5) is 9.71. The Bertz CT molecular complexity index is 878. The van der Waals surface area contributed by atoms with Crippen LogP contribution >= 0.6 is 0 Å². The Kier molecular flexibility index (Phi) is 8.00. The van der Waals surface area contributed by atoms with Gasteiger partial charge in [0.15, 0.2) is 5.84 Å². The summed E-state index contributed by atoms with van der Waals surface area (Å²) < 4.78 is 0. The van der Waals surface area contributed by atoms with Gasteiger partial charge in [0.05, 0.1) is 12.0 Å². The van der Waals surface area contributed by atoms with Crippen molar-refractivity contribution in [3.63, 3.8) is 0 Å². The van der Waals surface area contributed by atoms with Crippen LogP contribution in [-0.4, -0.2) is 12.2 Å². The van der Waals surface area contributed by atoms with Crippen molar-refractivity contribution in [3.8, 4) is 0 Å². The number of amidine groups is 1. The van der Waals surface area contributed by atoms with Crippen LogP contribution < -0.4 is 5.73 Å². The van der Waals surface area contributed by atoms with Crippen LogP contribution in [0.15, 0.2) is 52.4 Å². The Morgan fingerprint density at radius 2 is 1.50 bits per heavy atom. The number of nitrogens with zero attached hydrogens (tertiary/aromatic N) is 2. The van der Waals surface area contributed by atoms with Gasteiger partial charge >= 0.3 is 0 Å². The number of hydrogen-bond acceptors (Lipinski definition) is 1. The SMILES string of the molecule is CCC(C)C(C)(C)c1ccccc1C(N=CN)=Nc1c(C(C)C)cccc1C(C)C. The highest BCUT2D eigenvalue weighted by Gasteiger charge is 2.30. The lowest BCUT2D eigenvalue weighted by atomic mass is 9.71. The van der Waals surface area contributed by atoms with E-state index in [0.29, 0.717) is 23.6 Å². The molecule has 0 aromatic heterocycles. The second-order valence-corrected chi connectivity index (χ2v) is 9.38. The minimum Gasteiger partial charge on any atom is -0.390 e. The number of para-hydroxylation sites is 1. The summed E-state index contributed by atoms with van der Waals surface area (Å²) in [6.45, 7) is 18.0. The van der Waals surface area contributed by atoms with Gasteiger partial charge in [0.1, 0.15) is 0 Å². The molecule has 30 heavy (non-hydrogen) atoms. The van der Waals surface area contributed by atoms with Gasteiger partial charge in [-0.2, -0.15) is 0 Å². The molecule has 0 bridgehead atoms. The fraction of sp³-hybridized carbons (Fsp3) is 0.481. The molecular weight excluding hydrogens is 366 g/mol. The van der Waals surface area contributed by atoms with Crippen molar-refractivity contribution in [2.75, 3.05) is 0 Å². The topological polar surface area (TPSA) is 50.7 Å². The van der Waals surface area contributed by atoms with E-state index < -0.39 is 0 Å². The lowest BCUT2D eigenvalue weighted by Gasteiger charge is -2.33. The van der Waals surface area contributed by atoms with Crippen molar-refractivity contribution in [1.29, 1.82) is 0 Å². The minimum absolute atomic E-state index is 0.00528. The molecule has 3 heteroatoms. The third-order valence-corrected chi connectivity index (χ3v) is 6.46. The van der Waals surface area contributed by atoms with Crippen molar-refractivity contribution in [2.45, 2.75) is 79.1 Å².